The van der Waals surface area contributed by atoms with Gasteiger partial charge >= 0.3 is 0 Å². The first-order valence-electron chi connectivity index (χ1n) is 10.7. The van der Waals surface area contributed by atoms with Gasteiger partial charge in [0.2, 0.25) is 5.91 Å². The molecule has 2 aromatic heterocycles. The molecule has 31 heavy (non-hydrogen) atoms. The molecule has 5 rings (SSSR count). The predicted octanol–water partition coefficient (Wildman–Crippen LogP) is 3.81. The van der Waals surface area contributed by atoms with Gasteiger partial charge in [-0.3, -0.25) is 4.79 Å². The van der Waals surface area contributed by atoms with Crippen molar-refractivity contribution >= 4 is 27.6 Å². The second-order valence-corrected chi connectivity index (χ2v) is 9.47. The molecule has 0 spiro atoms. The first kappa shape index (κ1) is 20.2. The quantitative estimate of drug-likeness (QED) is 0.605. The predicted molar refractivity (Wildman–Crippen MR) is 120 cm³/mol. The SMILES string of the molecule is CC(=O)N[C@H]1CCC1CN(C)CC1COc2cc(Oc3nc4ncccc4s3)ccc21. The third-order valence-corrected chi connectivity index (χ3v) is 6.99. The Morgan fingerprint density at radius 1 is 1.32 bits per heavy atom. The smallest absolute Gasteiger partial charge is 0.281 e. The number of pyridine rings is 1. The van der Waals surface area contributed by atoms with Crippen LogP contribution in [0.5, 0.6) is 16.7 Å². The minimum absolute atomic E-state index is 0.0654. The lowest BCUT2D eigenvalue weighted by atomic mass is 9.79. The molecule has 1 aromatic carbocycles. The van der Waals surface area contributed by atoms with Gasteiger partial charge in [-0.05, 0) is 44.0 Å². The minimum atomic E-state index is 0.0654. The van der Waals surface area contributed by atoms with Crippen LogP contribution in [0, 0.1) is 5.92 Å². The summed E-state index contributed by atoms with van der Waals surface area (Å²) in [6.07, 6.45) is 3.99. The van der Waals surface area contributed by atoms with Crippen molar-refractivity contribution in [2.45, 2.75) is 31.7 Å². The molecule has 1 N–H and O–H groups in total. The van der Waals surface area contributed by atoms with Crippen molar-refractivity contribution < 1.29 is 14.3 Å². The van der Waals surface area contributed by atoms with Gasteiger partial charge < -0.3 is 19.7 Å². The molecular weight excluding hydrogens is 412 g/mol. The van der Waals surface area contributed by atoms with Crippen LogP contribution >= 0.6 is 11.3 Å². The van der Waals surface area contributed by atoms with E-state index in [1.54, 1.807) is 13.1 Å². The van der Waals surface area contributed by atoms with Gasteiger partial charge in [0.1, 0.15) is 11.5 Å². The van der Waals surface area contributed by atoms with Crippen molar-refractivity contribution in [1.29, 1.82) is 0 Å². The van der Waals surface area contributed by atoms with Crippen LogP contribution in [-0.4, -0.2) is 53.6 Å². The Hall–Kier alpha value is -2.71. The largest absolute Gasteiger partial charge is 0.492 e. The second kappa shape index (κ2) is 8.43. The zero-order valence-electron chi connectivity index (χ0n) is 17.7. The van der Waals surface area contributed by atoms with Crippen LogP contribution < -0.4 is 14.8 Å². The molecule has 3 atom stereocenters. The maximum absolute atomic E-state index is 11.3. The van der Waals surface area contributed by atoms with Gasteiger partial charge in [0.25, 0.3) is 5.19 Å². The number of carbonyl (C=O) groups is 1. The van der Waals surface area contributed by atoms with Gasteiger partial charge in [-0.25, -0.2) is 4.98 Å². The van der Waals surface area contributed by atoms with E-state index in [0.717, 1.165) is 35.7 Å². The zero-order valence-corrected chi connectivity index (χ0v) is 18.5. The van der Waals surface area contributed by atoms with Crippen molar-refractivity contribution in [1.82, 2.24) is 20.2 Å². The standard InChI is InChI=1S/C23H26N4O3S/c1-14(28)25-19-8-5-15(19)11-27(2)12-16-13-29-20-10-17(6-7-18(16)20)30-23-26-22-21(31-23)4-3-9-24-22/h3-4,6-7,9-10,15-16,19H,5,8,11-13H2,1-2H3,(H,25,28)/t15?,16?,19-/m0/s1. The number of aromatic nitrogens is 2. The summed E-state index contributed by atoms with van der Waals surface area (Å²) in [5, 5.41) is 3.65. The highest BCUT2D eigenvalue weighted by molar-refractivity contribution is 7.20. The fraction of sp³-hybridized carbons (Fsp3) is 0.435. The maximum atomic E-state index is 11.3. The average molecular weight is 439 g/mol. The van der Waals surface area contributed by atoms with E-state index in [1.165, 1.54) is 23.3 Å². The first-order chi connectivity index (χ1) is 15.0. The summed E-state index contributed by atoms with van der Waals surface area (Å²) in [4.78, 5) is 22.4. The molecule has 7 nitrogen and oxygen atoms in total. The average Bonchev–Trinajstić information content (AvgIpc) is 3.32. The lowest BCUT2D eigenvalue weighted by molar-refractivity contribution is -0.120. The monoisotopic (exact) mass is 438 g/mol. The van der Waals surface area contributed by atoms with Crippen molar-refractivity contribution in [3.8, 4) is 16.7 Å². The van der Waals surface area contributed by atoms with Gasteiger partial charge in [-0.2, -0.15) is 4.98 Å². The molecule has 1 saturated carbocycles. The molecule has 1 fully saturated rings. The lowest BCUT2D eigenvalue weighted by Gasteiger charge is -2.39. The summed E-state index contributed by atoms with van der Waals surface area (Å²) in [6, 6.07) is 10.2. The second-order valence-electron chi connectivity index (χ2n) is 8.48. The molecule has 1 aliphatic heterocycles. The number of rotatable bonds is 7. The van der Waals surface area contributed by atoms with Crippen molar-refractivity contribution in [3.05, 3.63) is 42.1 Å². The number of carbonyl (C=O) groups excluding carboxylic acids is 1. The number of likely N-dealkylation sites (N-methyl/N-ethyl adjacent to an activating group) is 1. The number of hydrogen-bond donors (Lipinski definition) is 1. The molecule has 2 aliphatic rings. The van der Waals surface area contributed by atoms with Crippen molar-refractivity contribution in [2.24, 2.45) is 5.92 Å². The number of amides is 1. The molecule has 162 valence electrons. The summed E-state index contributed by atoms with van der Waals surface area (Å²) in [5.41, 5.74) is 1.92. The summed E-state index contributed by atoms with van der Waals surface area (Å²) in [6.45, 7) is 4.19. The molecule has 1 aliphatic carbocycles. The van der Waals surface area contributed by atoms with Crippen molar-refractivity contribution in [2.75, 3.05) is 26.7 Å². The van der Waals surface area contributed by atoms with E-state index in [0.29, 0.717) is 35.3 Å². The lowest BCUT2D eigenvalue weighted by Crippen LogP contribution is -2.50. The van der Waals surface area contributed by atoms with E-state index >= 15 is 0 Å². The third kappa shape index (κ3) is 4.36. The molecule has 1 amide bonds. The molecule has 8 heteroatoms. The number of benzene rings is 1. The van der Waals surface area contributed by atoms with Crippen molar-refractivity contribution in [3.63, 3.8) is 0 Å². The minimum Gasteiger partial charge on any atom is -0.492 e. The van der Waals surface area contributed by atoms with E-state index in [4.69, 9.17) is 9.47 Å². The molecule has 3 heterocycles. The third-order valence-electron chi connectivity index (χ3n) is 6.10. The van der Waals surface area contributed by atoms with Crippen LogP contribution in [0.1, 0.15) is 31.2 Å². The number of nitrogens with zero attached hydrogens (tertiary/aromatic N) is 3. The first-order valence-corrected chi connectivity index (χ1v) is 11.5. The van der Waals surface area contributed by atoms with Crippen LogP contribution in [0.4, 0.5) is 0 Å². The van der Waals surface area contributed by atoms with Crippen LogP contribution in [0.15, 0.2) is 36.5 Å². The van der Waals surface area contributed by atoms with E-state index in [-0.39, 0.29) is 5.91 Å². The van der Waals surface area contributed by atoms with E-state index in [2.05, 4.69) is 33.3 Å². The Labute approximate surface area is 185 Å². The molecule has 2 unspecified atom stereocenters. The van der Waals surface area contributed by atoms with Gasteiger partial charge in [0, 0.05) is 49.8 Å². The van der Waals surface area contributed by atoms with E-state index in [1.807, 2.05) is 24.3 Å². The van der Waals surface area contributed by atoms with Crippen LogP contribution in [0.25, 0.3) is 10.3 Å². The zero-order chi connectivity index (χ0) is 21.4. The van der Waals surface area contributed by atoms with Gasteiger partial charge in [-0.1, -0.05) is 17.4 Å². The van der Waals surface area contributed by atoms with Crippen LogP contribution in [-0.2, 0) is 4.79 Å². The molecule has 0 saturated heterocycles. The Morgan fingerprint density at radius 3 is 3.00 bits per heavy atom. The van der Waals surface area contributed by atoms with Gasteiger partial charge in [0.15, 0.2) is 5.65 Å². The Bertz CT molecular complexity index is 1070. The number of nitrogens with one attached hydrogen (secondary N) is 1. The summed E-state index contributed by atoms with van der Waals surface area (Å²) < 4.78 is 12.9. The Kier molecular flexibility index (Phi) is 5.50. The van der Waals surface area contributed by atoms with Crippen LogP contribution in [0.3, 0.4) is 0 Å². The molecule has 0 radical (unpaired) electrons. The topological polar surface area (TPSA) is 76.6 Å². The Morgan fingerprint density at radius 2 is 2.23 bits per heavy atom. The molecule has 3 aromatic rings. The fourth-order valence-electron chi connectivity index (χ4n) is 4.46. The highest BCUT2D eigenvalue weighted by Crippen LogP contribution is 2.39. The highest BCUT2D eigenvalue weighted by Gasteiger charge is 2.33. The number of ether oxygens (including phenoxy) is 2. The normalized spacial score (nSPS) is 22.1. The molecule has 0 bridgehead atoms. The number of thiazole rings is 1. The van der Waals surface area contributed by atoms with Gasteiger partial charge in [-0.15, -0.1) is 0 Å². The Balaban J connectivity index is 1.20. The fourth-order valence-corrected chi connectivity index (χ4v) is 5.25. The highest BCUT2D eigenvalue weighted by atomic mass is 32.1. The van der Waals surface area contributed by atoms with Crippen LogP contribution in [0.2, 0.25) is 0 Å². The van der Waals surface area contributed by atoms with E-state index in [9.17, 15) is 4.79 Å². The summed E-state index contributed by atoms with van der Waals surface area (Å²) >= 11 is 1.48. The summed E-state index contributed by atoms with van der Waals surface area (Å²) in [7, 11) is 2.15. The number of hydrogen-bond acceptors (Lipinski definition) is 7. The molecular formula is C23H26N4O3S. The van der Waals surface area contributed by atoms with E-state index < -0.39 is 0 Å². The summed E-state index contributed by atoms with van der Waals surface area (Å²) in [5.74, 6) is 2.54. The maximum Gasteiger partial charge on any atom is 0.281 e. The van der Waals surface area contributed by atoms with Gasteiger partial charge in [0.05, 0.1) is 11.3 Å². The number of fused-ring (bicyclic) bond motifs is 2.